The van der Waals surface area contributed by atoms with E-state index in [4.69, 9.17) is 4.99 Å². The number of sulfonamides is 1. The number of nitrogens with one attached hydrogen (secondary N) is 2. The molecule has 0 bridgehead atoms. The van der Waals surface area contributed by atoms with E-state index < -0.39 is 10.0 Å². The van der Waals surface area contributed by atoms with Crippen molar-refractivity contribution >= 4 is 44.1 Å². The van der Waals surface area contributed by atoms with Crippen molar-refractivity contribution in [1.29, 1.82) is 0 Å². The van der Waals surface area contributed by atoms with Crippen LogP contribution >= 0.6 is 11.8 Å². The highest BCUT2D eigenvalue weighted by molar-refractivity contribution is 8.15. The minimum absolute atomic E-state index is 0.0141. The van der Waals surface area contributed by atoms with Crippen LogP contribution in [-0.4, -0.2) is 67.3 Å². The Morgan fingerprint density at radius 3 is 2.88 bits per heavy atom. The van der Waals surface area contributed by atoms with Gasteiger partial charge in [-0.3, -0.25) is 19.5 Å². The first-order valence-electron chi connectivity index (χ1n) is 10.5. The molecular weight excluding hydrogens is 448 g/mol. The molecule has 0 radical (unpaired) electrons. The van der Waals surface area contributed by atoms with E-state index >= 15 is 0 Å². The van der Waals surface area contributed by atoms with Crippen LogP contribution in [0.15, 0.2) is 52.6 Å². The fraction of sp³-hybridized carbons (Fsp3) is 0.381. The average molecular weight is 473 g/mol. The van der Waals surface area contributed by atoms with E-state index in [9.17, 15) is 13.2 Å². The Morgan fingerprint density at radius 2 is 2.12 bits per heavy atom. The van der Waals surface area contributed by atoms with Gasteiger partial charge in [0.25, 0.3) is 10.0 Å². The molecule has 0 spiro atoms. The zero-order valence-corrected chi connectivity index (χ0v) is 19.2. The molecule has 2 N–H and O–H groups in total. The monoisotopic (exact) mass is 472 g/mol. The van der Waals surface area contributed by atoms with Gasteiger partial charge in [-0.15, -0.1) is 11.8 Å². The fourth-order valence-corrected chi connectivity index (χ4v) is 6.52. The molecule has 9 nitrogen and oxygen atoms in total. The fourth-order valence-electron chi connectivity index (χ4n) is 4.18. The van der Waals surface area contributed by atoms with Crippen molar-refractivity contribution in [3.63, 3.8) is 0 Å². The second-order valence-electron chi connectivity index (χ2n) is 8.00. The third kappa shape index (κ3) is 3.96. The van der Waals surface area contributed by atoms with Crippen LogP contribution in [0.3, 0.4) is 0 Å². The van der Waals surface area contributed by atoms with E-state index in [1.807, 2.05) is 17.1 Å². The summed E-state index contributed by atoms with van der Waals surface area (Å²) in [7, 11) is -2.22. The summed E-state index contributed by atoms with van der Waals surface area (Å²) >= 11 is 1.74. The summed E-state index contributed by atoms with van der Waals surface area (Å²) in [6.45, 7) is 2.21. The van der Waals surface area contributed by atoms with E-state index in [2.05, 4.69) is 15.7 Å². The standard InChI is InChI=1S/C21H24N6O3S2/c1-26(32(29,30)19-7-2-3-9-22-19)17-6-4-5-14-11-16(24-20(14)17)21-23-12-15(31-21)13-27-10-8-18(28)25-27/h2-7,9,15-16,24H,8,10-13H2,1H3,(H,25,28). The van der Waals surface area contributed by atoms with Crippen LogP contribution in [0.25, 0.3) is 0 Å². The van der Waals surface area contributed by atoms with Crippen LogP contribution in [-0.2, 0) is 21.2 Å². The first kappa shape index (κ1) is 21.2. The Labute approximate surface area is 191 Å². The molecule has 32 heavy (non-hydrogen) atoms. The lowest BCUT2D eigenvalue weighted by atomic mass is 10.1. The van der Waals surface area contributed by atoms with Gasteiger partial charge in [-0.25, -0.2) is 9.99 Å². The number of para-hydroxylation sites is 1. The lowest BCUT2D eigenvalue weighted by Crippen LogP contribution is -2.38. The summed E-state index contributed by atoms with van der Waals surface area (Å²) in [6, 6.07) is 10.6. The van der Waals surface area contributed by atoms with Gasteiger partial charge in [0.1, 0.15) is 0 Å². The molecule has 2 atom stereocenters. The van der Waals surface area contributed by atoms with Gasteiger partial charge in [0.2, 0.25) is 5.91 Å². The zero-order chi connectivity index (χ0) is 22.3. The Balaban J connectivity index is 1.30. The summed E-state index contributed by atoms with van der Waals surface area (Å²) in [6.07, 6.45) is 2.77. The third-order valence-electron chi connectivity index (χ3n) is 5.83. The normalized spacial score (nSPS) is 22.9. The van der Waals surface area contributed by atoms with Gasteiger partial charge in [-0.1, -0.05) is 18.2 Å². The Bertz CT molecular complexity index is 1170. The Morgan fingerprint density at radius 1 is 1.25 bits per heavy atom. The highest BCUT2D eigenvalue weighted by Gasteiger charge is 2.35. The number of fused-ring (bicyclic) bond motifs is 1. The molecule has 168 valence electrons. The quantitative estimate of drug-likeness (QED) is 0.656. The molecule has 2 unspecified atom stereocenters. The van der Waals surface area contributed by atoms with Gasteiger partial charge in [0, 0.05) is 44.4 Å². The van der Waals surface area contributed by atoms with Gasteiger partial charge >= 0.3 is 0 Å². The van der Waals surface area contributed by atoms with E-state index in [0.717, 1.165) is 35.8 Å². The molecule has 5 rings (SSSR count). The summed E-state index contributed by atoms with van der Waals surface area (Å²) in [4.78, 5) is 20.2. The van der Waals surface area contributed by atoms with Crippen LogP contribution < -0.4 is 15.0 Å². The number of amides is 1. The number of pyridine rings is 1. The van der Waals surface area contributed by atoms with Gasteiger partial charge in [0.05, 0.1) is 29.0 Å². The second-order valence-corrected chi connectivity index (χ2v) is 11.2. The smallest absolute Gasteiger partial charge is 0.281 e. The van der Waals surface area contributed by atoms with Crippen molar-refractivity contribution < 1.29 is 13.2 Å². The second kappa shape index (κ2) is 8.38. The maximum atomic E-state index is 13.1. The van der Waals surface area contributed by atoms with Crippen LogP contribution in [0, 0.1) is 0 Å². The molecular formula is C21H24N6O3S2. The number of anilines is 2. The molecule has 3 aliphatic heterocycles. The number of benzene rings is 1. The topological polar surface area (TPSA) is 107 Å². The van der Waals surface area contributed by atoms with Gasteiger partial charge in [0.15, 0.2) is 5.03 Å². The maximum Gasteiger partial charge on any atom is 0.281 e. The summed E-state index contributed by atoms with van der Waals surface area (Å²) in [5, 5.41) is 6.81. The minimum atomic E-state index is -3.77. The largest absolute Gasteiger partial charge is 0.374 e. The van der Waals surface area contributed by atoms with Crippen molar-refractivity contribution in [3.8, 4) is 0 Å². The first-order chi connectivity index (χ1) is 15.4. The summed E-state index contributed by atoms with van der Waals surface area (Å²) in [5.74, 6) is 0.0688. The number of aliphatic imine (C=N–C) groups is 1. The lowest BCUT2D eigenvalue weighted by molar-refractivity contribution is -0.121. The summed E-state index contributed by atoms with van der Waals surface area (Å²) < 4.78 is 27.4. The van der Waals surface area contributed by atoms with E-state index in [1.165, 1.54) is 16.6 Å². The first-order valence-corrected chi connectivity index (χ1v) is 12.8. The van der Waals surface area contributed by atoms with Gasteiger partial charge < -0.3 is 5.32 Å². The molecule has 0 aliphatic carbocycles. The molecule has 11 heteroatoms. The molecule has 0 saturated carbocycles. The van der Waals surface area contributed by atoms with E-state index in [0.29, 0.717) is 23.9 Å². The number of hydrogen-bond donors (Lipinski definition) is 2. The number of carbonyl (C=O) groups excluding carboxylic acids is 1. The molecule has 1 fully saturated rings. The number of carbonyl (C=O) groups is 1. The number of hydrogen-bond acceptors (Lipinski definition) is 8. The molecule has 1 amide bonds. The van der Waals surface area contributed by atoms with Crippen LogP contribution in [0.2, 0.25) is 0 Å². The van der Waals surface area contributed by atoms with Crippen molar-refractivity contribution in [2.45, 2.75) is 29.2 Å². The SMILES string of the molecule is CN(c1cccc2c1NC(C1=NCC(CN3CCC(=O)N3)S1)C2)S(=O)(=O)c1ccccn1. The van der Waals surface area contributed by atoms with Gasteiger partial charge in [-0.05, 0) is 23.8 Å². The molecule has 2 aromatic rings. The summed E-state index contributed by atoms with van der Waals surface area (Å²) in [5.41, 5.74) is 5.35. The Hall–Kier alpha value is -2.63. The average Bonchev–Trinajstić information content (AvgIpc) is 3.53. The van der Waals surface area contributed by atoms with E-state index in [1.54, 1.807) is 37.0 Å². The highest BCUT2D eigenvalue weighted by atomic mass is 32.2. The van der Waals surface area contributed by atoms with Crippen LogP contribution in [0.4, 0.5) is 11.4 Å². The highest BCUT2D eigenvalue weighted by Crippen LogP contribution is 2.39. The number of hydrazine groups is 1. The van der Waals surface area contributed by atoms with E-state index in [-0.39, 0.29) is 17.0 Å². The van der Waals surface area contributed by atoms with Crippen molar-refractivity contribution in [2.75, 3.05) is 36.3 Å². The molecule has 3 aliphatic rings. The predicted molar refractivity (Wildman–Crippen MR) is 125 cm³/mol. The maximum absolute atomic E-state index is 13.1. The number of rotatable bonds is 6. The predicted octanol–water partition coefficient (Wildman–Crippen LogP) is 1.49. The molecule has 1 aromatic heterocycles. The third-order valence-corrected chi connectivity index (χ3v) is 8.80. The molecule has 4 heterocycles. The molecule has 1 aromatic carbocycles. The van der Waals surface area contributed by atoms with Crippen molar-refractivity contribution in [3.05, 3.63) is 48.2 Å². The Kier molecular flexibility index (Phi) is 5.56. The molecule has 1 saturated heterocycles. The number of aromatic nitrogens is 1. The number of thioether (sulfide) groups is 1. The number of nitrogens with zero attached hydrogens (tertiary/aromatic N) is 4. The van der Waals surface area contributed by atoms with Gasteiger partial charge in [-0.2, -0.15) is 8.42 Å². The van der Waals surface area contributed by atoms with Crippen LogP contribution in [0.1, 0.15) is 12.0 Å². The van der Waals surface area contributed by atoms with Crippen molar-refractivity contribution in [1.82, 2.24) is 15.4 Å². The minimum Gasteiger partial charge on any atom is -0.374 e. The van der Waals surface area contributed by atoms with Crippen LogP contribution in [0.5, 0.6) is 0 Å². The van der Waals surface area contributed by atoms with Crippen molar-refractivity contribution in [2.24, 2.45) is 4.99 Å². The lowest BCUT2D eigenvalue weighted by Gasteiger charge is -2.22. The zero-order valence-electron chi connectivity index (χ0n) is 17.6.